The van der Waals surface area contributed by atoms with Gasteiger partial charge >= 0.3 is 83.1 Å². The van der Waals surface area contributed by atoms with Crippen LogP contribution in [0.4, 0.5) is 0 Å². The molecule has 0 saturated carbocycles. The monoisotopic (exact) mass is 778 g/mol. The summed E-state index contributed by atoms with van der Waals surface area (Å²) in [6.07, 6.45) is 7.25. The first-order valence-corrected chi connectivity index (χ1v) is 14.2. The molecule has 2 aliphatic heterocycles. The summed E-state index contributed by atoms with van der Waals surface area (Å²) in [7, 11) is 2.71. The Morgan fingerprint density at radius 3 is 1.69 bits per heavy atom. The van der Waals surface area contributed by atoms with Crippen molar-refractivity contribution in [1.29, 1.82) is 0 Å². The number of methoxy groups -OCH3 is 2. The third kappa shape index (κ3) is 12.9. The zero-order valence-electron chi connectivity index (χ0n) is 26.8. The number of carbonyl (C=O) groups is 1. The normalized spacial score (nSPS) is 18.8. The maximum absolute atomic E-state index is 8.64. The molecule has 0 bridgehead atoms. The summed E-state index contributed by atoms with van der Waals surface area (Å²) in [6, 6.07) is 0. The molecule has 0 atom stereocenters. The van der Waals surface area contributed by atoms with Crippen LogP contribution in [0.1, 0.15) is 55.4 Å². The number of nitrogens with zero attached hydrogens (tertiary/aromatic N) is 3. The van der Waals surface area contributed by atoms with E-state index in [2.05, 4.69) is 40.9 Å². The van der Waals surface area contributed by atoms with E-state index in [-0.39, 0.29) is 112 Å². The van der Waals surface area contributed by atoms with Gasteiger partial charge in [0.25, 0.3) is 6.47 Å². The van der Waals surface area contributed by atoms with Gasteiger partial charge in [0.15, 0.2) is 0 Å². The number of aromatic nitrogens is 4. The molecule has 2 saturated heterocycles. The number of aromatic amines is 1. The van der Waals surface area contributed by atoms with Crippen LogP contribution in [-0.4, -0.2) is 95.9 Å². The second kappa shape index (κ2) is 19.7. The molecule has 4 rings (SSSR count). The Bertz CT molecular complexity index is 980. The van der Waals surface area contributed by atoms with Gasteiger partial charge < -0.3 is 38.2 Å². The summed E-state index contributed by atoms with van der Waals surface area (Å²) >= 11 is 3.18. The Labute approximate surface area is 317 Å². The minimum Gasteiger partial charge on any atom is -0.662 e. The topological polar surface area (TPSA) is 151 Å². The fourth-order valence-corrected chi connectivity index (χ4v) is 3.56. The average molecular weight is 779 g/mol. The maximum atomic E-state index is 8.64. The van der Waals surface area contributed by atoms with Crippen molar-refractivity contribution in [2.24, 2.45) is 0 Å². The van der Waals surface area contributed by atoms with Crippen LogP contribution in [0.15, 0.2) is 24.8 Å². The third-order valence-electron chi connectivity index (χ3n) is 7.07. The van der Waals surface area contributed by atoms with E-state index in [9.17, 15) is 0 Å². The van der Waals surface area contributed by atoms with Crippen LogP contribution in [0.5, 0.6) is 0 Å². The Hall–Kier alpha value is 0.272. The molecule has 1 N–H and O–H groups in total. The van der Waals surface area contributed by atoms with Crippen molar-refractivity contribution in [3.63, 3.8) is 0 Å². The van der Waals surface area contributed by atoms with Gasteiger partial charge in [0.05, 0.1) is 42.2 Å². The smallest absolute Gasteiger partial charge is 0.662 e. The van der Waals surface area contributed by atoms with E-state index in [1.165, 1.54) is 0 Å². The second-order valence-electron chi connectivity index (χ2n) is 11.1. The van der Waals surface area contributed by atoms with Gasteiger partial charge in [0.2, 0.25) is 0 Å². The quantitative estimate of drug-likeness (QED) is 0.104. The van der Waals surface area contributed by atoms with E-state index in [0.717, 1.165) is 29.4 Å². The number of alkyl halides is 1. The fraction of sp³-hybridized carbons (Fsp3) is 0.720. The first-order chi connectivity index (χ1) is 19.1. The van der Waals surface area contributed by atoms with Gasteiger partial charge in [-0.3, -0.25) is 14.6 Å². The molecule has 0 spiro atoms. The zero-order chi connectivity index (χ0) is 31.3. The third-order valence-corrected chi connectivity index (χ3v) is 7.39. The van der Waals surface area contributed by atoms with E-state index < -0.39 is 0 Å². The Balaban J connectivity index is 0.000000621. The predicted molar refractivity (Wildman–Crippen MR) is 157 cm³/mol. The predicted octanol–water partition coefficient (Wildman–Crippen LogP) is -2.00. The summed E-state index contributed by atoms with van der Waals surface area (Å²) < 4.78 is 35.1. The molecule has 2 aromatic rings. The van der Waals surface area contributed by atoms with Crippen LogP contribution in [0.25, 0.3) is 0 Å². The molecule has 42 heavy (non-hydrogen) atoms. The van der Waals surface area contributed by atoms with Crippen LogP contribution in [0, 0.1) is 0 Å². The Morgan fingerprint density at radius 1 is 0.905 bits per heavy atom. The van der Waals surface area contributed by atoms with Crippen LogP contribution in [-0.2, 0) is 44.3 Å². The molecular weight excluding hydrogens is 735 g/mol. The van der Waals surface area contributed by atoms with E-state index in [1.54, 1.807) is 32.8 Å². The van der Waals surface area contributed by atoms with Gasteiger partial charge in [0, 0.05) is 55.3 Å². The molecule has 17 heteroatoms. The van der Waals surface area contributed by atoms with Gasteiger partial charge in [-0.15, -0.1) is 0 Å². The fourth-order valence-electron chi connectivity index (χ4n) is 3.23. The summed E-state index contributed by atoms with van der Waals surface area (Å²) in [5.41, 5.74) is 0.691. The minimum absolute atomic E-state index is 0. The maximum Gasteiger partial charge on any atom is 1.00 e. The molecule has 2 fully saturated rings. The number of nitrogens with one attached hydrogen (secondary N) is 1. The number of hydrogen-bond acceptors (Lipinski definition) is 11. The van der Waals surface area contributed by atoms with Gasteiger partial charge in [-0.2, -0.15) is 10.2 Å². The van der Waals surface area contributed by atoms with Crippen LogP contribution in [0.2, 0.25) is 0 Å². The van der Waals surface area contributed by atoms with Crippen LogP contribution >= 0.6 is 15.9 Å². The Kier molecular flexibility index (Phi) is 19.8. The summed E-state index contributed by atoms with van der Waals surface area (Å²) in [5, 5.41) is 20.3. The van der Waals surface area contributed by atoms with Crippen molar-refractivity contribution >= 4 is 47.6 Å². The summed E-state index contributed by atoms with van der Waals surface area (Å²) in [5.74, 6) is 0. The number of carbonyl (C=O) groups excluding carboxylic acids is 1. The molecule has 2 aliphatic rings. The molecule has 13 nitrogen and oxygen atoms in total. The molecular formula is C25H44B2BrCsN4O9. The van der Waals surface area contributed by atoms with Crippen molar-refractivity contribution in [2.45, 2.75) is 84.3 Å². The van der Waals surface area contributed by atoms with Crippen molar-refractivity contribution in [3.8, 4) is 0 Å². The largest absolute Gasteiger partial charge is 1.00 e. The van der Waals surface area contributed by atoms with E-state index in [0.29, 0.717) is 6.61 Å². The van der Waals surface area contributed by atoms with Gasteiger partial charge in [-0.1, -0.05) is 15.9 Å². The molecule has 0 aromatic carbocycles. The zero-order valence-corrected chi connectivity index (χ0v) is 34.6. The summed E-state index contributed by atoms with van der Waals surface area (Å²) in [6.45, 7) is 18.3. The molecule has 0 unspecified atom stereocenters. The standard InChI is InChI=1S/C12H21BN2O3.C9H15BN2O2.C3H7BrO.CH2O3.Cs/c1-11(2)12(3,4)18-13(17-11)10-8-14-15(9-10)6-7-16-5;1-8(2)9(3,4)14-10(13-8)7-5-11-12-6-7;1-5-3-2-4;2-1-4-3;/h8-9H,6-7H2,1-5H3;5-6H,1-4H3,(H,11,12);2-3H2,1H3;1,3H;/q;;;;+1/p-1. The second-order valence-corrected chi connectivity index (χ2v) is 11.9. The van der Waals surface area contributed by atoms with Crippen LogP contribution in [0.3, 0.4) is 0 Å². The van der Waals surface area contributed by atoms with Gasteiger partial charge in [0.1, 0.15) is 0 Å². The SMILES string of the molecule is CC1(C)OB(c2cn[nH]c2)OC1(C)C.COCCBr.COCCn1cc(B2OC(C)(C)C(C)(C)O2)cn1.O=CO[O-].[Cs+]. The number of rotatable bonds is 8. The van der Waals surface area contributed by atoms with E-state index in [1.807, 2.05) is 66.3 Å². The molecule has 2 aromatic heterocycles. The molecule has 0 radical (unpaired) electrons. The number of H-pyrrole nitrogens is 1. The van der Waals surface area contributed by atoms with E-state index in [4.69, 9.17) is 33.4 Å². The first-order valence-electron chi connectivity index (χ1n) is 13.1. The van der Waals surface area contributed by atoms with Crippen molar-refractivity contribution < 1.29 is 112 Å². The van der Waals surface area contributed by atoms with Gasteiger partial charge in [-0.05, 0) is 55.4 Å². The average Bonchev–Trinajstić information content (AvgIpc) is 3.66. The molecule has 232 valence electrons. The van der Waals surface area contributed by atoms with Crippen molar-refractivity contribution in [2.75, 3.05) is 32.8 Å². The van der Waals surface area contributed by atoms with Gasteiger partial charge in [-0.25, -0.2) is 0 Å². The molecule has 0 aliphatic carbocycles. The number of hydrogen-bond donors (Lipinski definition) is 1. The molecule has 0 amide bonds. The number of halogens is 1. The van der Waals surface area contributed by atoms with Crippen molar-refractivity contribution in [1.82, 2.24) is 20.0 Å². The minimum atomic E-state index is -0.341. The number of ether oxygens (including phenoxy) is 2. The van der Waals surface area contributed by atoms with Crippen LogP contribution < -0.4 is 85.1 Å². The van der Waals surface area contributed by atoms with E-state index >= 15 is 0 Å². The van der Waals surface area contributed by atoms with Crippen molar-refractivity contribution in [3.05, 3.63) is 24.8 Å². The molecule has 4 heterocycles. The first kappa shape index (κ1) is 42.3. The Morgan fingerprint density at radius 2 is 1.36 bits per heavy atom. The summed E-state index contributed by atoms with van der Waals surface area (Å²) in [4.78, 5) is 11.2.